The number of esters is 1. The number of rotatable bonds is 8. The van der Waals surface area contributed by atoms with Gasteiger partial charge in [-0.05, 0) is 49.3 Å². The molecule has 4 heteroatoms. The lowest BCUT2D eigenvalue weighted by molar-refractivity contribution is -0.151. The minimum Gasteiger partial charge on any atom is -0.465 e. The van der Waals surface area contributed by atoms with E-state index in [0.717, 1.165) is 42.1 Å². The fourth-order valence-electron chi connectivity index (χ4n) is 2.78. The van der Waals surface area contributed by atoms with Crippen LogP contribution >= 0.6 is 15.9 Å². The third-order valence-electron chi connectivity index (χ3n) is 4.39. The Hall–Kier alpha value is -1.34. The number of hydrogen-bond acceptors (Lipinski definition) is 3. The normalized spacial score (nSPS) is 16.7. The van der Waals surface area contributed by atoms with Crippen LogP contribution in [0.25, 0.3) is 0 Å². The zero-order valence-corrected chi connectivity index (χ0v) is 15.4. The minimum atomic E-state index is -0.258. The van der Waals surface area contributed by atoms with Crippen molar-refractivity contribution in [2.75, 3.05) is 6.61 Å². The van der Waals surface area contributed by atoms with Gasteiger partial charge in [-0.2, -0.15) is 5.26 Å². The number of nitrogens with zero attached hydrogens (tertiary/aromatic N) is 1. The van der Waals surface area contributed by atoms with E-state index in [1.54, 1.807) is 0 Å². The van der Waals surface area contributed by atoms with Gasteiger partial charge >= 0.3 is 5.97 Å². The van der Waals surface area contributed by atoms with E-state index in [-0.39, 0.29) is 17.3 Å². The summed E-state index contributed by atoms with van der Waals surface area (Å²) in [6, 6.07) is 10.3. The largest absolute Gasteiger partial charge is 0.465 e. The summed E-state index contributed by atoms with van der Waals surface area (Å²) in [6.45, 7) is 4.59. The maximum absolute atomic E-state index is 12.2. The van der Waals surface area contributed by atoms with E-state index in [4.69, 9.17) is 4.74 Å². The topological polar surface area (TPSA) is 50.1 Å². The smallest absolute Gasteiger partial charge is 0.312 e. The Morgan fingerprint density at radius 2 is 2.17 bits per heavy atom. The number of carbonyl (C=O) groups is 1. The number of carbonyl (C=O) groups excluding carboxylic acids is 1. The molecule has 1 aromatic carbocycles. The van der Waals surface area contributed by atoms with Gasteiger partial charge < -0.3 is 4.74 Å². The van der Waals surface area contributed by atoms with Crippen molar-refractivity contribution in [1.29, 1.82) is 5.26 Å². The third-order valence-corrected chi connectivity index (χ3v) is 4.88. The molecular weight excluding hydrogens is 354 g/mol. The fourth-order valence-corrected chi connectivity index (χ4v) is 3.19. The summed E-state index contributed by atoms with van der Waals surface area (Å²) in [5.41, 5.74) is 0.778. The summed E-state index contributed by atoms with van der Waals surface area (Å²) >= 11 is 3.45. The molecule has 1 saturated carbocycles. The highest BCUT2D eigenvalue weighted by molar-refractivity contribution is 9.10. The first-order valence-electron chi connectivity index (χ1n) is 8.29. The molecule has 0 saturated heterocycles. The van der Waals surface area contributed by atoms with Crippen LogP contribution in [0.15, 0.2) is 28.7 Å². The van der Waals surface area contributed by atoms with Crippen LogP contribution in [-0.2, 0) is 9.53 Å². The van der Waals surface area contributed by atoms with Crippen LogP contribution in [-0.4, -0.2) is 12.6 Å². The van der Waals surface area contributed by atoms with Crippen molar-refractivity contribution in [3.8, 4) is 6.07 Å². The second-order valence-electron chi connectivity index (χ2n) is 6.90. The number of nitriles is 1. The Labute approximate surface area is 147 Å². The van der Waals surface area contributed by atoms with E-state index in [9.17, 15) is 10.1 Å². The molecule has 0 N–H and O–H groups in total. The van der Waals surface area contributed by atoms with Gasteiger partial charge in [-0.15, -0.1) is 0 Å². The number of benzene rings is 1. The molecule has 23 heavy (non-hydrogen) atoms. The molecule has 0 spiro atoms. The quantitative estimate of drug-likeness (QED) is 0.584. The molecule has 3 nitrogen and oxygen atoms in total. The molecule has 0 radical (unpaired) electrons. The average molecular weight is 378 g/mol. The molecule has 1 fully saturated rings. The highest BCUT2D eigenvalue weighted by atomic mass is 79.9. The summed E-state index contributed by atoms with van der Waals surface area (Å²) in [5.74, 6) is 0.214. The molecule has 1 aliphatic rings. The zero-order chi connectivity index (χ0) is 16.9. The predicted molar refractivity (Wildman–Crippen MR) is 93.8 cm³/mol. The number of ether oxygens (including phenoxy) is 1. The van der Waals surface area contributed by atoms with Crippen molar-refractivity contribution in [1.82, 2.24) is 0 Å². The van der Waals surface area contributed by atoms with E-state index >= 15 is 0 Å². The Balaban J connectivity index is 1.84. The van der Waals surface area contributed by atoms with Crippen LogP contribution in [0.5, 0.6) is 0 Å². The first kappa shape index (κ1) is 18.0. The zero-order valence-electron chi connectivity index (χ0n) is 13.8. The molecule has 1 aromatic rings. The molecule has 124 valence electrons. The van der Waals surface area contributed by atoms with E-state index in [0.29, 0.717) is 12.5 Å². The Morgan fingerprint density at radius 1 is 1.43 bits per heavy atom. The number of hydrogen-bond donors (Lipinski definition) is 0. The van der Waals surface area contributed by atoms with Crippen LogP contribution in [0.4, 0.5) is 0 Å². The van der Waals surface area contributed by atoms with Crippen LogP contribution in [0.2, 0.25) is 0 Å². The molecular formula is C19H24BrNO2. The summed E-state index contributed by atoms with van der Waals surface area (Å²) in [5, 5.41) is 9.41. The molecule has 0 bridgehead atoms. The van der Waals surface area contributed by atoms with E-state index in [2.05, 4.69) is 22.0 Å². The van der Waals surface area contributed by atoms with Gasteiger partial charge in [0.15, 0.2) is 0 Å². The van der Waals surface area contributed by atoms with Crippen LogP contribution in [0.1, 0.15) is 57.4 Å². The number of halogens is 1. The highest BCUT2D eigenvalue weighted by Crippen LogP contribution is 2.51. The first-order valence-corrected chi connectivity index (χ1v) is 9.08. The van der Waals surface area contributed by atoms with Gasteiger partial charge in [0.05, 0.1) is 24.0 Å². The minimum absolute atomic E-state index is 0.0397. The lowest BCUT2D eigenvalue weighted by Crippen LogP contribution is -2.21. The van der Waals surface area contributed by atoms with Gasteiger partial charge in [0.2, 0.25) is 0 Å². The third kappa shape index (κ3) is 5.07. The lowest BCUT2D eigenvalue weighted by Gasteiger charge is -2.16. The molecule has 2 rings (SSSR count). The van der Waals surface area contributed by atoms with Gasteiger partial charge in [-0.3, -0.25) is 4.79 Å². The Morgan fingerprint density at radius 3 is 2.74 bits per heavy atom. The van der Waals surface area contributed by atoms with Gasteiger partial charge in [-0.25, -0.2) is 0 Å². The van der Waals surface area contributed by atoms with Crippen LogP contribution in [0.3, 0.4) is 0 Å². The van der Waals surface area contributed by atoms with Gasteiger partial charge in [0, 0.05) is 4.47 Å². The van der Waals surface area contributed by atoms with Crippen molar-refractivity contribution in [2.45, 2.75) is 51.9 Å². The Kier molecular flexibility index (Phi) is 6.24. The molecule has 0 heterocycles. The first-order chi connectivity index (χ1) is 11.0. The average Bonchev–Trinajstić information content (AvgIpc) is 3.30. The van der Waals surface area contributed by atoms with E-state index in [1.165, 1.54) is 0 Å². The molecule has 1 aliphatic carbocycles. The Bertz CT molecular complexity index is 587. The van der Waals surface area contributed by atoms with Crippen molar-refractivity contribution >= 4 is 21.9 Å². The monoisotopic (exact) mass is 377 g/mol. The molecule has 0 aromatic heterocycles. The maximum atomic E-state index is 12.2. The summed E-state index contributed by atoms with van der Waals surface area (Å²) in [7, 11) is 0. The van der Waals surface area contributed by atoms with Gasteiger partial charge in [-0.1, -0.05) is 48.3 Å². The van der Waals surface area contributed by atoms with Crippen molar-refractivity contribution in [3.63, 3.8) is 0 Å². The van der Waals surface area contributed by atoms with Crippen molar-refractivity contribution in [2.24, 2.45) is 11.3 Å². The molecule has 1 atom stereocenters. The lowest BCUT2D eigenvalue weighted by atomic mass is 9.91. The standard InChI is InChI=1S/C19H24BrNO2/c1-14(2)13-23-18(22)19(9-10-19)8-4-6-16(12-21)15-5-3-7-17(20)11-15/h3,5,7,11,14,16H,4,6,8-10,13H2,1-2H3. The van der Waals surface area contributed by atoms with Gasteiger partial charge in [0.25, 0.3) is 0 Å². The van der Waals surface area contributed by atoms with Gasteiger partial charge in [0.1, 0.15) is 0 Å². The fraction of sp³-hybridized carbons (Fsp3) is 0.579. The SMILES string of the molecule is CC(C)COC(=O)C1(CCCC(C#N)c2cccc(Br)c2)CC1. The van der Waals surface area contributed by atoms with Crippen molar-refractivity contribution < 1.29 is 9.53 Å². The molecule has 1 unspecified atom stereocenters. The van der Waals surface area contributed by atoms with Crippen LogP contribution in [0, 0.1) is 22.7 Å². The predicted octanol–water partition coefficient (Wildman–Crippen LogP) is 5.21. The second kappa shape index (κ2) is 7.97. The van der Waals surface area contributed by atoms with E-state index in [1.807, 2.05) is 38.1 Å². The molecule has 0 aliphatic heterocycles. The van der Waals surface area contributed by atoms with Crippen molar-refractivity contribution in [3.05, 3.63) is 34.3 Å². The highest BCUT2D eigenvalue weighted by Gasteiger charge is 2.50. The van der Waals surface area contributed by atoms with Crippen LogP contribution < -0.4 is 0 Å². The summed E-state index contributed by atoms with van der Waals surface area (Å²) in [4.78, 5) is 12.2. The summed E-state index contributed by atoms with van der Waals surface area (Å²) < 4.78 is 6.40. The summed E-state index contributed by atoms with van der Waals surface area (Å²) in [6.07, 6.45) is 4.35. The second-order valence-corrected chi connectivity index (χ2v) is 7.82. The van der Waals surface area contributed by atoms with E-state index < -0.39 is 0 Å². The maximum Gasteiger partial charge on any atom is 0.312 e. The molecule has 0 amide bonds.